The number of piperidine rings is 1. The number of rotatable bonds is 4. The Morgan fingerprint density at radius 1 is 1.18 bits per heavy atom. The van der Waals surface area contributed by atoms with E-state index >= 15 is 0 Å². The summed E-state index contributed by atoms with van der Waals surface area (Å²) in [5.41, 5.74) is 0.676. The number of nitrogens with zero attached hydrogens (tertiary/aromatic N) is 3. The van der Waals surface area contributed by atoms with E-state index in [2.05, 4.69) is 13.8 Å². The van der Waals surface area contributed by atoms with Crippen molar-refractivity contribution in [3.8, 4) is 5.69 Å². The molecule has 1 saturated heterocycles. The topological polar surface area (TPSA) is 55.2 Å². The van der Waals surface area contributed by atoms with Crippen molar-refractivity contribution >= 4 is 39.2 Å². The van der Waals surface area contributed by atoms with Gasteiger partial charge in [-0.1, -0.05) is 30.0 Å². The number of hydrogen-bond acceptors (Lipinski definition) is 5. The number of thiophene rings is 1. The SMILES string of the molecule is C[C@@H]1CCC[C@@H](C)N1C(=O)CSc1nc2sccc2c(=O)n1-c1ccccc1. The summed E-state index contributed by atoms with van der Waals surface area (Å²) in [6.45, 7) is 4.24. The Morgan fingerprint density at radius 2 is 1.89 bits per heavy atom. The Morgan fingerprint density at radius 3 is 2.61 bits per heavy atom. The maximum absolute atomic E-state index is 13.1. The molecule has 5 nitrogen and oxygen atoms in total. The van der Waals surface area contributed by atoms with Crippen molar-refractivity contribution in [2.75, 3.05) is 5.75 Å². The van der Waals surface area contributed by atoms with Crippen LogP contribution in [0, 0.1) is 0 Å². The second kappa shape index (κ2) is 8.09. The molecule has 0 spiro atoms. The van der Waals surface area contributed by atoms with E-state index in [1.54, 1.807) is 4.57 Å². The molecule has 1 aromatic carbocycles. The van der Waals surface area contributed by atoms with Crippen LogP contribution in [0.25, 0.3) is 15.9 Å². The highest BCUT2D eigenvalue weighted by Gasteiger charge is 2.29. The Bertz CT molecular complexity index is 1030. The molecular formula is C21H23N3O2S2. The Balaban J connectivity index is 1.66. The van der Waals surface area contributed by atoms with Gasteiger partial charge >= 0.3 is 0 Å². The summed E-state index contributed by atoms with van der Waals surface area (Å²) in [7, 11) is 0. The summed E-state index contributed by atoms with van der Waals surface area (Å²) in [6, 6.07) is 11.8. The molecule has 7 heteroatoms. The number of carbonyl (C=O) groups is 1. The lowest BCUT2D eigenvalue weighted by atomic mass is 9.98. The van der Waals surface area contributed by atoms with Crippen LogP contribution < -0.4 is 5.56 Å². The minimum atomic E-state index is -0.0906. The first-order valence-corrected chi connectivity index (χ1v) is 11.4. The molecule has 2 aromatic heterocycles. The van der Waals surface area contributed by atoms with Gasteiger partial charge in [0.2, 0.25) is 5.91 Å². The first-order chi connectivity index (χ1) is 13.6. The molecule has 4 rings (SSSR count). The zero-order valence-electron chi connectivity index (χ0n) is 16.0. The fraction of sp³-hybridized carbons (Fsp3) is 0.381. The van der Waals surface area contributed by atoms with Crippen LogP contribution in [-0.2, 0) is 4.79 Å². The second-order valence-electron chi connectivity index (χ2n) is 7.23. The third kappa shape index (κ3) is 3.61. The van der Waals surface area contributed by atoms with E-state index < -0.39 is 0 Å². The molecule has 0 radical (unpaired) electrons. The van der Waals surface area contributed by atoms with Gasteiger partial charge in [-0.3, -0.25) is 14.2 Å². The van der Waals surface area contributed by atoms with Crippen LogP contribution in [0.1, 0.15) is 33.1 Å². The lowest BCUT2D eigenvalue weighted by molar-refractivity contribution is -0.134. The number of carbonyl (C=O) groups excluding carboxylic acids is 1. The molecule has 3 aromatic rings. The third-order valence-corrected chi connectivity index (χ3v) is 7.02. The van der Waals surface area contributed by atoms with Gasteiger partial charge in [0.05, 0.1) is 16.8 Å². The highest BCUT2D eigenvalue weighted by molar-refractivity contribution is 7.99. The summed E-state index contributed by atoms with van der Waals surface area (Å²) in [5.74, 6) is 0.398. The second-order valence-corrected chi connectivity index (χ2v) is 9.07. The monoisotopic (exact) mass is 413 g/mol. The molecular weight excluding hydrogens is 390 g/mol. The average molecular weight is 414 g/mol. The fourth-order valence-electron chi connectivity index (χ4n) is 3.91. The van der Waals surface area contributed by atoms with Crippen molar-refractivity contribution < 1.29 is 4.79 Å². The maximum Gasteiger partial charge on any atom is 0.267 e. The van der Waals surface area contributed by atoms with Gasteiger partial charge in [0.15, 0.2) is 5.16 Å². The largest absolute Gasteiger partial charge is 0.337 e. The van der Waals surface area contributed by atoms with Gasteiger partial charge in [0.1, 0.15) is 4.83 Å². The van der Waals surface area contributed by atoms with Gasteiger partial charge in [0, 0.05) is 12.1 Å². The normalized spacial score (nSPS) is 19.9. The quantitative estimate of drug-likeness (QED) is 0.472. The molecule has 2 atom stereocenters. The molecule has 0 N–H and O–H groups in total. The summed E-state index contributed by atoms with van der Waals surface area (Å²) < 4.78 is 1.62. The van der Waals surface area contributed by atoms with Crippen LogP contribution in [0.4, 0.5) is 0 Å². The lowest BCUT2D eigenvalue weighted by Gasteiger charge is -2.39. The van der Waals surface area contributed by atoms with Crippen molar-refractivity contribution in [3.63, 3.8) is 0 Å². The van der Waals surface area contributed by atoms with E-state index in [1.807, 2.05) is 46.7 Å². The molecule has 0 saturated carbocycles. The number of benzene rings is 1. The molecule has 3 heterocycles. The van der Waals surface area contributed by atoms with Crippen molar-refractivity contribution in [2.45, 2.75) is 50.4 Å². The van der Waals surface area contributed by atoms with Gasteiger partial charge in [-0.05, 0) is 56.7 Å². The average Bonchev–Trinajstić information content (AvgIpc) is 3.16. The van der Waals surface area contributed by atoms with Crippen LogP contribution in [0.3, 0.4) is 0 Å². The molecule has 28 heavy (non-hydrogen) atoms. The number of amides is 1. The van der Waals surface area contributed by atoms with Gasteiger partial charge in [0.25, 0.3) is 5.56 Å². The van der Waals surface area contributed by atoms with Gasteiger partial charge < -0.3 is 4.90 Å². The summed E-state index contributed by atoms with van der Waals surface area (Å²) in [5, 5.41) is 3.06. The predicted octanol–water partition coefficient (Wildman–Crippen LogP) is 4.33. The minimum Gasteiger partial charge on any atom is -0.337 e. The molecule has 1 fully saturated rings. The molecule has 1 amide bonds. The number of para-hydroxylation sites is 1. The number of fused-ring (bicyclic) bond motifs is 1. The first kappa shape index (κ1) is 19.2. The van der Waals surface area contributed by atoms with E-state index in [1.165, 1.54) is 29.5 Å². The van der Waals surface area contributed by atoms with Crippen molar-refractivity contribution in [1.82, 2.24) is 14.5 Å². The van der Waals surface area contributed by atoms with E-state index in [4.69, 9.17) is 4.98 Å². The van der Waals surface area contributed by atoms with Crippen LogP contribution >= 0.6 is 23.1 Å². The number of aromatic nitrogens is 2. The van der Waals surface area contributed by atoms with E-state index in [9.17, 15) is 9.59 Å². The molecule has 0 aliphatic carbocycles. The van der Waals surface area contributed by atoms with E-state index in [-0.39, 0.29) is 29.3 Å². The summed E-state index contributed by atoms with van der Waals surface area (Å²) in [6.07, 6.45) is 3.27. The molecule has 0 bridgehead atoms. The standard InChI is InChI=1S/C21H23N3O2S2/c1-14-7-6-8-15(2)23(14)18(25)13-28-21-22-19-17(11-12-27-19)20(26)24(21)16-9-4-3-5-10-16/h3-5,9-12,14-15H,6-8,13H2,1-2H3/t14-,15-/m1/s1. The summed E-state index contributed by atoms with van der Waals surface area (Å²) >= 11 is 2.80. The van der Waals surface area contributed by atoms with Crippen molar-refractivity contribution in [1.29, 1.82) is 0 Å². The number of hydrogen-bond donors (Lipinski definition) is 0. The highest BCUT2D eigenvalue weighted by atomic mass is 32.2. The molecule has 1 aliphatic rings. The molecule has 146 valence electrons. The summed E-state index contributed by atoms with van der Waals surface area (Å²) in [4.78, 5) is 33.4. The Kier molecular flexibility index (Phi) is 5.55. The predicted molar refractivity (Wildman–Crippen MR) is 116 cm³/mol. The van der Waals surface area contributed by atoms with E-state index in [0.29, 0.717) is 15.4 Å². The van der Waals surface area contributed by atoms with Gasteiger partial charge in [-0.25, -0.2) is 4.98 Å². The van der Waals surface area contributed by atoms with Crippen LogP contribution in [0.15, 0.2) is 51.7 Å². The zero-order chi connectivity index (χ0) is 19.7. The van der Waals surface area contributed by atoms with Gasteiger partial charge in [-0.2, -0.15) is 0 Å². The zero-order valence-corrected chi connectivity index (χ0v) is 17.6. The smallest absolute Gasteiger partial charge is 0.267 e. The number of thioether (sulfide) groups is 1. The highest BCUT2D eigenvalue weighted by Crippen LogP contribution is 2.27. The van der Waals surface area contributed by atoms with Crippen LogP contribution in [-0.4, -0.2) is 38.2 Å². The lowest BCUT2D eigenvalue weighted by Crippen LogP contribution is -2.48. The van der Waals surface area contributed by atoms with Crippen LogP contribution in [0.5, 0.6) is 0 Å². The Labute approximate surface area is 172 Å². The molecule has 0 unspecified atom stereocenters. The van der Waals surface area contributed by atoms with Crippen molar-refractivity contribution in [3.05, 3.63) is 52.1 Å². The van der Waals surface area contributed by atoms with E-state index in [0.717, 1.165) is 18.5 Å². The van der Waals surface area contributed by atoms with Crippen molar-refractivity contribution in [2.24, 2.45) is 0 Å². The minimum absolute atomic E-state index is 0.0906. The fourth-order valence-corrected chi connectivity index (χ4v) is 5.60. The first-order valence-electron chi connectivity index (χ1n) is 9.56. The number of likely N-dealkylation sites (tertiary alicyclic amines) is 1. The van der Waals surface area contributed by atoms with Crippen LogP contribution in [0.2, 0.25) is 0 Å². The Hall–Kier alpha value is -2.12. The third-order valence-electron chi connectivity index (χ3n) is 5.29. The molecule has 1 aliphatic heterocycles. The maximum atomic E-state index is 13.1. The van der Waals surface area contributed by atoms with Gasteiger partial charge in [-0.15, -0.1) is 11.3 Å².